The van der Waals surface area contributed by atoms with Gasteiger partial charge in [0.2, 0.25) is 5.91 Å². The Kier molecular flexibility index (Phi) is 7.02. The second kappa shape index (κ2) is 9.88. The molecule has 2 aromatic carbocycles. The number of ether oxygens (including phenoxy) is 3. The Morgan fingerprint density at radius 3 is 2.52 bits per heavy atom. The first-order valence-electron chi connectivity index (χ1n) is 9.10. The molecule has 0 atom stereocenters. The van der Waals surface area contributed by atoms with E-state index in [1.165, 1.54) is 25.3 Å². The van der Waals surface area contributed by atoms with E-state index in [0.717, 1.165) is 18.8 Å². The molecule has 0 spiro atoms. The van der Waals surface area contributed by atoms with E-state index in [4.69, 9.17) is 9.47 Å². The predicted molar refractivity (Wildman–Crippen MR) is 107 cm³/mol. The van der Waals surface area contributed by atoms with Crippen molar-refractivity contribution in [1.82, 2.24) is 0 Å². The number of hydrogen-bond donors (Lipinski definition) is 1. The number of carbonyl (C=O) groups excluding carboxylic acids is 1. The summed E-state index contributed by atoms with van der Waals surface area (Å²) in [7, 11) is 1.36. The number of nitrogens with zero attached hydrogens (tertiary/aromatic N) is 1. The number of halogens is 2. The number of alkyl halides is 2. The van der Waals surface area contributed by atoms with Crippen LogP contribution in [0.3, 0.4) is 0 Å². The Labute approximate surface area is 167 Å². The van der Waals surface area contributed by atoms with E-state index in [1.54, 1.807) is 12.1 Å². The molecule has 0 bridgehead atoms. The number of anilines is 2. The zero-order valence-corrected chi connectivity index (χ0v) is 15.9. The third-order valence-electron chi connectivity index (χ3n) is 4.34. The molecule has 0 saturated carbocycles. The van der Waals surface area contributed by atoms with Gasteiger partial charge < -0.3 is 24.4 Å². The van der Waals surface area contributed by atoms with Crippen molar-refractivity contribution < 1.29 is 27.8 Å². The van der Waals surface area contributed by atoms with Crippen LogP contribution < -0.4 is 19.7 Å². The van der Waals surface area contributed by atoms with Crippen molar-refractivity contribution in [3.05, 3.63) is 54.1 Å². The molecule has 29 heavy (non-hydrogen) atoms. The quantitative estimate of drug-likeness (QED) is 0.712. The van der Waals surface area contributed by atoms with Crippen molar-refractivity contribution in [2.45, 2.75) is 6.61 Å². The molecule has 1 aliphatic heterocycles. The highest BCUT2D eigenvalue weighted by atomic mass is 19.3. The van der Waals surface area contributed by atoms with Gasteiger partial charge in [0.1, 0.15) is 0 Å². The minimum atomic E-state index is -2.94. The fourth-order valence-corrected chi connectivity index (χ4v) is 2.91. The van der Waals surface area contributed by atoms with Crippen LogP contribution in [0.1, 0.15) is 5.56 Å². The van der Waals surface area contributed by atoms with Crippen LogP contribution in [-0.4, -0.2) is 45.9 Å². The van der Waals surface area contributed by atoms with Crippen LogP contribution in [0.2, 0.25) is 0 Å². The van der Waals surface area contributed by atoms with Crippen LogP contribution in [0.25, 0.3) is 6.08 Å². The van der Waals surface area contributed by atoms with Gasteiger partial charge in [-0.05, 0) is 48.0 Å². The molecule has 1 N–H and O–H groups in total. The van der Waals surface area contributed by atoms with Gasteiger partial charge in [-0.25, -0.2) is 0 Å². The average Bonchev–Trinajstić information content (AvgIpc) is 2.74. The Balaban J connectivity index is 1.59. The molecular weight excluding hydrogens is 382 g/mol. The lowest BCUT2D eigenvalue weighted by Crippen LogP contribution is -2.36. The summed E-state index contributed by atoms with van der Waals surface area (Å²) in [6.07, 6.45) is 2.92. The Bertz CT molecular complexity index is 850. The molecule has 1 saturated heterocycles. The number of morpholine rings is 1. The van der Waals surface area contributed by atoms with E-state index in [9.17, 15) is 13.6 Å². The first-order chi connectivity index (χ1) is 14.0. The smallest absolute Gasteiger partial charge is 0.387 e. The van der Waals surface area contributed by atoms with Crippen molar-refractivity contribution in [3.63, 3.8) is 0 Å². The Hall–Kier alpha value is -3.13. The van der Waals surface area contributed by atoms with Crippen LogP contribution >= 0.6 is 0 Å². The van der Waals surface area contributed by atoms with E-state index in [0.29, 0.717) is 24.5 Å². The summed E-state index contributed by atoms with van der Waals surface area (Å²) in [5.74, 6) is -0.216. The molecule has 6 nitrogen and oxygen atoms in total. The lowest BCUT2D eigenvalue weighted by Gasteiger charge is -2.28. The first kappa shape index (κ1) is 20.6. The lowest BCUT2D eigenvalue weighted by molar-refractivity contribution is -0.111. The van der Waals surface area contributed by atoms with Gasteiger partial charge in [0, 0.05) is 30.5 Å². The normalized spacial score (nSPS) is 14.3. The SMILES string of the molecule is COc1cc(/C=C/C(=O)Nc2ccc(N3CCOCC3)cc2)ccc1OC(F)F. The minimum Gasteiger partial charge on any atom is -0.493 e. The molecule has 0 aliphatic carbocycles. The van der Waals surface area contributed by atoms with E-state index in [1.807, 2.05) is 24.3 Å². The topological polar surface area (TPSA) is 60.0 Å². The summed E-state index contributed by atoms with van der Waals surface area (Å²) >= 11 is 0. The second-order valence-corrected chi connectivity index (χ2v) is 6.26. The van der Waals surface area contributed by atoms with E-state index in [2.05, 4.69) is 15.0 Å². The first-order valence-corrected chi connectivity index (χ1v) is 9.10. The van der Waals surface area contributed by atoms with E-state index >= 15 is 0 Å². The molecule has 0 radical (unpaired) electrons. The van der Waals surface area contributed by atoms with Gasteiger partial charge in [-0.2, -0.15) is 8.78 Å². The second-order valence-electron chi connectivity index (χ2n) is 6.26. The third kappa shape index (κ3) is 5.92. The largest absolute Gasteiger partial charge is 0.493 e. The molecule has 8 heteroatoms. The highest BCUT2D eigenvalue weighted by Crippen LogP contribution is 2.29. The standard InChI is InChI=1S/C21H22F2N2O4/c1-27-19-14-15(2-8-18(19)29-21(22)23)3-9-20(26)24-16-4-6-17(7-5-16)25-10-12-28-13-11-25/h2-9,14,21H,10-13H2,1H3,(H,24,26)/b9-3+. The molecule has 0 unspecified atom stereocenters. The molecule has 3 rings (SSSR count). The van der Waals surface area contributed by atoms with Crippen LogP contribution in [0, 0.1) is 0 Å². The Morgan fingerprint density at radius 2 is 1.86 bits per heavy atom. The minimum absolute atomic E-state index is 0.0653. The van der Waals surface area contributed by atoms with E-state index in [-0.39, 0.29) is 17.4 Å². The van der Waals surface area contributed by atoms with Gasteiger partial charge in [0.15, 0.2) is 11.5 Å². The highest BCUT2D eigenvalue weighted by molar-refractivity contribution is 6.02. The van der Waals surface area contributed by atoms with Gasteiger partial charge in [0.25, 0.3) is 0 Å². The average molecular weight is 404 g/mol. The number of rotatable bonds is 7. The van der Waals surface area contributed by atoms with Crippen LogP contribution in [0.5, 0.6) is 11.5 Å². The zero-order chi connectivity index (χ0) is 20.6. The molecule has 1 amide bonds. The number of nitrogens with one attached hydrogen (secondary N) is 1. The molecule has 1 aliphatic rings. The number of amides is 1. The molecule has 1 heterocycles. The number of methoxy groups -OCH3 is 1. The highest BCUT2D eigenvalue weighted by Gasteiger charge is 2.12. The molecule has 0 aromatic heterocycles. The fraction of sp³-hybridized carbons (Fsp3) is 0.286. The molecule has 154 valence electrons. The van der Waals surface area contributed by atoms with Crippen molar-refractivity contribution in [1.29, 1.82) is 0 Å². The van der Waals surface area contributed by atoms with Crippen LogP contribution in [0.4, 0.5) is 20.2 Å². The summed E-state index contributed by atoms with van der Waals surface area (Å²) < 4.78 is 39.5. The monoisotopic (exact) mass is 404 g/mol. The number of benzene rings is 2. The fourth-order valence-electron chi connectivity index (χ4n) is 2.91. The third-order valence-corrected chi connectivity index (χ3v) is 4.34. The predicted octanol–water partition coefficient (Wildman–Crippen LogP) is 3.79. The van der Waals surface area contributed by atoms with Crippen molar-refractivity contribution >= 4 is 23.4 Å². The van der Waals surface area contributed by atoms with Crippen molar-refractivity contribution in [2.75, 3.05) is 43.6 Å². The zero-order valence-electron chi connectivity index (χ0n) is 15.9. The maximum absolute atomic E-state index is 12.4. The number of carbonyl (C=O) groups is 1. The van der Waals surface area contributed by atoms with Crippen molar-refractivity contribution in [3.8, 4) is 11.5 Å². The summed E-state index contributed by atoms with van der Waals surface area (Å²) in [6, 6.07) is 12.0. The number of hydrogen-bond acceptors (Lipinski definition) is 5. The van der Waals surface area contributed by atoms with E-state index < -0.39 is 6.61 Å². The maximum atomic E-state index is 12.4. The van der Waals surface area contributed by atoms with Crippen LogP contribution in [-0.2, 0) is 9.53 Å². The summed E-state index contributed by atoms with van der Waals surface area (Å²) in [5.41, 5.74) is 2.37. The van der Waals surface area contributed by atoms with Crippen molar-refractivity contribution in [2.24, 2.45) is 0 Å². The summed E-state index contributed by atoms with van der Waals surface area (Å²) in [4.78, 5) is 14.4. The van der Waals surface area contributed by atoms with Gasteiger partial charge in [-0.1, -0.05) is 6.07 Å². The van der Waals surface area contributed by atoms with Gasteiger partial charge >= 0.3 is 6.61 Å². The van der Waals surface area contributed by atoms with Crippen LogP contribution in [0.15, 0.2) is 48.5 Å². The summed E-state index contributed by atoms with van der Waals surface area (Å²) in [6.45, 7) is 0.177. The summed E-state index contributed by atoms with van der Waals surface area (Å²) in [5, 5.41) is 2.78. The maximum Gasteiger partial charge on any atom is 0.387 e. The Morgan fingerprint density at radius 1 is 1.14 bits per heavy atom. The van der Waals surface area contributed by atoms with Gasteiger partial charge in [-0.3, -0.25) is 4.79 Å². The van der Waals surface area contributed by atoms with Gasteiger partial charge in [-0.15, -0.1) is 0 Å². The molecular formula is C21H22F2N2O4. The lowest BCUT2D eigenvalue weighted by atomic mass is 10.2. The molecule has 2 aromatic rings. The molecule has 1 fully saturated rings. The van der Waals surface area contributed by atoms with Gasteiger partial charge in [0.05, 0.1) is 20.3 Å².